The Morgan fingerprint density at radius 2 is 1.73 bits per heavy atom. The molecule has 2 heterocycles. The van der Waals surface area contributed by atoms with E-state index in [-0.39, 0.29) is 17.0 Å². The monoisotopic (exact) mass is 552 g/mol. The molecular weight excluding hydrogens is 512 g/mol. The van der Waals surface area contributed by atoms with E-state index in [1.54, 1.807) is 18.6 Å². The Bertz CT molecular complexity index is 1450. The normalized spacial score (nSPS) is 11.8. The summed E-state index contributed by atoms with van der Waals surface area (Å²) in [4.78, 5) is 26.2. The van der Waals surface area contributed by atoms with Gasteiger partial charge in [0.2, 0.25) is 5.95 Å². The molecule has 4 aromatic rings. The third-order valence-electron chi connectivity index (χ3n) is 6.60. The van der Waals surface area contributed by atoms with E-state index < -0.39 is 0 Å². The van der Waals surface area contributed by atoms with Gasteiger partial charge in [0.15, 0.2) is 0 Å². The minimum absolute atomic E-state index is 0.0659. The maximum Gasteiger partial charge on any atom is 0.255 e. The van der Waals surface area contributed by atoms with E-state index in [1.165, 1.54) is 0 Å². The second kappa shape index (κ2) is 13.0. The molecule has 0 aliphatic rings. The number of anilines is 3. The van der Waals surface area contributed by atoms with Crippen molar-refractivity contribution < 1.29 is 9.53 Å². The van der Waals surface area contributed by atoms with Gasteiger partial charge in [-0.1, -0.05) is 18.2 Å². The number of ether oxygens (including phenoxy) is 1. The molecule has 0 aliphatic heterocycles. The summed E-state index contributed by atoms with van der Waals surface area (Å²) in [6.45, 7) is 14.0. The fourth-order valence-corrected chi connectivity index (χ4v) is 4.07. The highest BCUT2D eigenvalue weighted by Gasteiger charge is 2.19. The third-order valence-corrected chi connectivity index (χ3v) is 6.60. The fourth-order valence-electron chi connectivity index (χ4n) is 4.07. The molecule has 8 nitrogen and oxygen atoms in total. The van der Waals surface area contributed by atoms with Crippen LogP contribution < -0.4 is 16.0 Å². The van der Waals surface area contributed by atoms with Crippen molar-refractivity contribution in [2.24, 2.45) is 0 Å². The summed E-state index contributed by atoms with van der Waals surface area (Å²) in [6.07, 6.45) is 6.11. The second-order valence-corrected chi connectivity index (χ2v) is 11.8. The number of nitrogens with zero attached hydrogens (tertiary/aromatic N) is 3. The van der Waals surface area contributed by atoms with Crippen LogP contribution in [0.5, 0.6) is 0 Å². The minimum atomic E-state index is -0.172. The zero-order chi connectivity index (χ0) is 29.5. The number of carbonyl (C=O) groups excluding carboxylic acids is 1. The first kappa shape index (κ1) is 29.8. The first-order valence-electron chi connectivity index (χ1n) is 13.9. The molecule has 4 rings (SSSR count). The van der Waals surface area contributed by atoms with Crippen molar-refractivity contribution in [2.75, 3.05) is 17.2 Å². The molecule has 1 amide bonds. The number of carbonyl (C=O) groups is 1. The molecule has 214 valence electrons. The van der Waals surface area contributed by atoms with Crippen LogP contribution in [0.1, 0.15) is 62.5 Å². The van der Waals surface area contributed by atoms with Crippen LogP contribution in [0.25, 0.3) is 11.3 Å². The van der Waals surface area contributed by atoms with Crippen molar-refractivity contribution in [1.82, 2.24) is 20.3 Å². The van der Waals surface area contributed by atoms with Crippen molar-refractivity contribution in [3.63, 3.8) is 0 Å². The van der Waals surface area contributed by atoms with Gasteiger partial charge in [-0.3, -0.25) is 9.78 Å². The number of nitrogens with one attached hydrogen (secondary N) is 3. The molecule has 41 heavy (non-hydrogen) atoms. The Balaban J connectivity index is 1.35. The zero-order valence-electron chi connectivity index (χ0n) is 24.8. The van der Waals surface area contributed by atoms with E-state index in [0.717, 1.165) is 34.5 Å². The molecule has 0 saturated heterocycles. The molecule has 2 aromatic heterocycles. The standard InChI is InChI=1S/C33H40N6O2/c1-23-9-14-27(20-29(23)39-31-35-18-15-28(38-31)26-8-7-17-34-22-26)37-30(40)25-12-10-24(11-13-25)21-36-33(5,6)16-19-41-32(2,3)4/h7-15,17-18,20,22,36H,16,19,21H2,1-6H3,(H,37,40)(H,35,38,39). The Morgan fingerprint density at radius 1 is 0.951 bits per heavy atom. The summed E-state index contributed by atoms with van der Waals surface area (Å²) in [6, 6.07) is 19.1. The predicted molar refractivity (Wildman–Crippen MR) is 165 cm³/mol. The average molecular weight is 553 g/mol. The summed E-state index contributed by atoms with van der Waals surface area (Å²) in [5, 5.41) is 9.88. The molecule has 3 N–H and O–H groups in total. The molecule has 0 fully saturated rings. The van der Waals surface area contributed by atoms with Gasteiger partial charge in [-0.15, -0.1) is 0 Å². The SMILES string of the molecule is Cc1ccc(NC(=O)c2ccc(CNC(C)(C)CCOC(C)(C)C)cc2)cc1Nc1nccc(-c2cccnc2)n1. The Hall–Kier alpha value is -4.14. The van der Waals surface area contributed by atoms with E-state index >= 15 is 0 Å². The van der Waals surface area contributed by atoms with Crippen molar-refractivity contribution >= 4 is 23.2 Å². The van der Waals surface area contributed by atoms with Crippen LogP contribution in [-0.4, -0.2) is 38.6 Å². The molecule has 0 unspecified atom stereocenters. The van der Waals surface area contributed by atoms with Gasteiger partial charge in [-0.2, -0.15) is 0 Å². The lowest BCUT2D eigenvalue weighted by Crippen LogP contribution is -2.40. The summed E-state index contributed by atoms with van der Waals surface area (Å²) in [7, 11) is 0. The number of aromatic nitrogens is 3. The summed E-state index contributed by atoms with van der Waals surface area (Å²) in [5.74, 6) is 0.292. The van der Waals surface area contributed by atoms with E-state index in [2.05, 4.69) is 65.5 Å². The van der Waals surface area contributed by atoms with Crippen LogP contribution in [0.15, 0.2) is 79.3 Å². The minimum Gasteiger partial charge on any atom is -0.376 e. The molecule has 0 aliphatic carbocycles. The van der Waals surface area contributed by atoms with E-state index in [1.807, 2.05) is 67.6 Å². The molecular formula is C33H40N6O2. The summed E-state index contributed by atoms with van der Waals surface area (Å²) >= 11 is 0. The van der Waals surface area contributed by atoms with Crippen molar-refractivity contribution in [3.05, 3.63) is 95.9 Å². The Labute approximate surface area is 243 Å². The maximum absolute atomic E-state index is 13.0. The van der Waals surface area contributed by atoms with Gasteiger partial charge >= 0.3 is 0 Å². The quantitative estimate of drug-likeness (QED) is 0.186. The number of hydrogen-bond donors (Lipinski definition) is 3. The second-order valence-electron chi connectivity index (χ2n) is 11.8. The van der Waals surface area contributed by atoms with Gasteiger partial charge in [0, 0.05) is 59.8 Å². The van der Waals surface area contributed by atoms with Crippen LogP contribution >= 0.6 is 0 Å². The molecule has 0 atom stereocenters. The average Bonchev–Trinajstić information content (AvgIpc) is 2.94. The molecule has 0 saturated carbocycles. The van der Waals surface area contributed by atoms with Gasteiger partial charge in [0.25, 0.3) is 5.91 Å². The largest absolute Gasteiger partial charge is 0.376 e. The zero-order valence-corrected chi connectivity index (χ0v) is 24.8. The predicted octanol–water partition coefficient (Wildman–Crippen LogP) is 6.92. The smallest absolute Gasteiger partial charge is 0.255 e. The maximum atomic E-state index is 13.0. The lowest BCUT2D eigenvalue weighted by Gasteiger charge is -2.28. The first-order chi connectivity index (χ1) is 19.5. The number of pyridine rings is 1. The van der Waals surface area contributed by atoms with Crippen LogP contribution in [0.4, 0.5) is 17.3 Å². The Kier molecular flexibility index (Phi) is 9.47. The summed E-state index contributed by atoms with van der Waals surface area (Å²) < 4.78 is 5.88. The van der Waals surface area contributed by atoms with E-state index in [4.69, 9.17) is 4.74 Å². The fraction of sp³-hybridized carbons (Fsp3) is 0.333. The van der Waals surface area contributed by atoms with Crippen LogP contribution in [0.2, 0.25) is 0 Å². The number of benzene rings is 2. The van der Waals surface area contributed by atoms with E-state index in [9.17, 15) is 4.79 Å². The molecule has 0 spiro atoms. The topological polar surface area (TPSA) is 101 Å². The van der Waals surface area contributed by atoms with Crippen molar-refractivity contribution in [3.8, 4) is 11.3 Å². The molecule has 0 radical (unpaired) electrons. The van der Waals surface area contributed by atoms with Gasteiger partial charge in [0.1, 0.15) is 0 Å². The third kappa shape index (κ3) is 9.20. The first-order valence-corrected chi connectivity index (χ1v) is 13.9. The van der Waals surface area contributed by atoms with E-state index in [0.29, 0.717) is 30.4 Å². The highest BCUT2D eigenvalue weighted by atomic mass is 16.5. The lowest BCUT2D eigenvalue weighted by molar-refractivity contribution is -0.0116. The van der Waals surface area contributed by atoms with Gasteiger partial charge in [-0.05, 0) is 102 Å². The van der Waals surface area contributed by atoms with Crippen LogP contribution in [0, 0.1) is 6.92 Å². The Morgan fingerprint density at radius 3 is 2.44 bits per heavy atom. The number of amides is 1. The van der Waals surface area contributed by atoms with Gasteiger partial charge in [-0.25, -0.2) is 9.97 Å². The van der Waals surface area contributed by atoms with Gasteiger partial charge in [0.05, 0.1) is 11.3 Å². The highest BCUT2D eigenvalue weighted by Crippen LogP contribution is 2.25. The van der Waals surface area contributed by atoms with Crippen LogP contribution in [-0.2, 0) is 11.3 Å². The van der Waals surface area contributed by atoms with Crippen LogP contribution in [0.3, 0.4) is 0 Å². The highest BCUT2D eigenvalue weighted by molar-refractivity contribution is 6.04. The number of rotatable bonds is 11. The van der Waals surface area contributed by atoms with Crippen molar-refractivity contribution in [1.29, 1.82) is 0 Å². The molecule has 0 bridgehead atoms. The molecule has 8 heteroatoms. The number of aryl methyl sites for hydroxylation is 1. The van der Waals surface area contributed by atoms with Crippen molar-refractivity contribution in [2.45, 2.75) is 65.6 Å². The lowest BCUT2D eigenvalue weighted by atomic mass is 10.0. The summed E-state index contributed by atoms with van der Waals surface area (Å²) in [5.41, 5.74) is 5.67. The number of hydrogen-bond acceptors (Lipinski definition) is 7. The molecule has 2 aromatic carbocycles. The van der Waals surface area contributed by atoms with Gasteiger partial charge < -0.3 is 20.7 Å².